The minimum atomic E-state index is -0.343. The lowest BCUT2D eigenvalue weighted by Gasteiger charge is -2.03. The number of aromatic nitrogens is 1. The number of hydrogen-bond donors (Lipinski definition) is 2. The number of carbonyl (C=O) groups is 2. The Balaban J connectivity index is 1.72. The van der Waals surface area contributed by atoms with E-state index in [1.54, 1.807) is 30.5 Å². The summed E-state index contributed by atoms with van der Waals surface area (Å²) in [6, 6.07) is 4.81. The zero-order valence-corrected chi connectivity index (χ0v) is 16.7. The van der Waals surface area contributed by atoms with Crippen molar-refractivity contribution in [3.05, 3.63) is 39.7 Å². The molecule has 1 aliphatic heterocycles. The van der Waals surface area contributed by atoms with E-state index in [0.29, 0.717) is 38.8 Å². The highest BCUT2D eigenvalue weighted by atomic mass is 32.2. The number of phenolic OH excluding ortho intramolecular Hbond substituents is 1. The second-order valence-electron chi connectivity index (χ2n) is 5.52. The summed E-state index contributed by atoms with van der Waals surface area (Å²) in [4.78, 5) is 32.7. The number of benzene rings is 1. The third kappa shape index (κ3) is 4.90. The van der Waals surface area contributed by atoms with Gasteiger partial charge in [-0.05, 0) is 42.5 Å². The number of thioether (sulfide) groups is 1. The van der Waals surface area contributed by atoms with Crippen LogP contribution in [0.2, 0.25) is 0 Å². The summed E-state index contributed by atoms with van der Waals surface area (Å²) in [6.07, 6.45) is 1.76. The zero-order valence-electron chi connectivity index (χ0n) is 15.1. The fraction of sp³-hybridized carbons (Fsp3) is 0.222. The van der Waals surface area contributed by atoms with Crippen LogP contribution in [0.1, 0.15) is 18.2 Å². The van der Waals surface area contributed by atoms with E-state index in [2.05, 4.69) is 15.3 Å². The van der Waals surface area contributed by atoms with E-state index in [9.17, 15) is 14.7 Å². The number of aliphatic imine (C=N–C) groups is 1. The van der Waals surface area contributed by atoms with Gasteiger partial charge in [0.1, 0.15) is 0 Å². The molecule has 3 rings (SSSR count). The molecule has 0 radical (unpaired) electrons. The summed E-state index contributed by atoms with van der Waals surface area (Å²) in [5.41, 5.74) is 1.28. The highest BCUT2D eigenvalue weighted by Gasteiger charge is 2.24. The average molecular weight is 419 g/mol. The SMILES string of the molecule is CCOC(=O)Cc1csc(/N=C2\NC(=O)/C(=C/c3ccc(O)c(OC)c3)S2)n1. The topological polar surface area (TPSA) is 110 Å². The summed E-state index contributed by atoms with van der Waals surface area (Å²) in [7, 11) is 1.46. The summed E-state index contributed by atoms with van der Waals surface area (Å²) in [5, 5.41) is 14.9. The summed E-state index contributed by atoms with van der Waals surface area (Å²) in [6.45, 7) is 2.07. The van der Waals surface area contributed by atoms with Crippen LogP contribution in [0.25, 0.3) is 6.08 Å². The first kappa shape index (κ1) is 19.9. The normalized spacial score (nSPS) is 16.4. The number of phenols is 1. The predicted octanol–water partition coefficient (Wildman–Crippen LogP) is 2.85. The van der Waals surface area contributed by atoms with Crippen molar-refractivity contribution < 1.29 is 24.2 Å². The highest BCUT2D eigenvalue weighted by Crippen LogP contribution is 2.32. The number of rotatable bonds is 6. The molecule has 0 saturated carbocycles. The Bertz CT molecular complexity index is 968. The van der Waals surface area contributed by atoms with Crippen molar-refractivity contribution >= 4 is 51.4 Å². The number of ether oxygens (including phenoxy) is 2. The smallest absolute Gasteiger partial charge is 0.311 e. The molecule has 2 aromatic rings. The van der Waals surface area contributed by atoms with Crippen LogP contribution in [0.4, 0.5) is 5.13 Å². The van der Waals surface area contributed by atoms with Gasteiger partial charge < -0.3 is 19.9 Å². The van der Waals surface area contributed by atoms with Crippen molar-refractivity contribution in [3.8, 4) is 11.5 Å². The van der Waals surface area contributed by atoms with Crippen LogP contribution in [0.3, 0.4) is 0 Å². The molecule has 1 aromatic heterocycles. The maximum absolute atomic E-state index is 12.2. The third-order valence-electron chi connectivity index (χ3n) is 3.52. The maximum atomic E-state index is 12.2. The molecule has 10 heteroatoms. The number of amidine groups is 1. The number of carbonyl (C=O) groups excluding carboxylic acids is 2. The first-order valence-corrected chi connectivity index (χ1v) is 9.94. The van der Waals surface area contributed by atoms with Crippen LogP contribution in [0, 0.1) is 0 Å². The number of esters is 1. The van der Waals surface area contributed by atoms with Gasteiger partial charge in [-0.3, -0.25) is 9.59 Å². The van der Waals surface area contributed by atoms with Gasteiger partial charge in [0.15, 0.2) is 16.7 Å². The fourth-order valence-corrected chi connectivity index (χ4v) is 3.86. The lowest BCUT2D eigenvalue weighted by molar-refractivity contribution is -0.142. The van der Waals surface area contributed by atoms with Gasteiger partial charge in [-0.15, -0.1) is 11.3 Å². The van der Waals surface area contributed by atoms with Crippen molar-refractivity contribution in [2.24, 2.45) is 4.99 Å². The van der Waals surface area contributed by atoms with Gasteiger partial charge in [0, 0.05) is 5.38 Å². The van der Waals surface area contributed by atoms with Gasteiger partial charge in [0.25, 0.3) is 5.91 Å². The number of methoxy groups -OCH3 is 1. The van der Waals surface area contributed by atoms with Crippen LogP contribution < -0.4 is 10.1 Å². The van der Waals surface area contributed by atoms with Gasteiger partial charge in [-0.2, -0.15) is 4.99 Å². The molecule has 0 aliphatic carbocycles. The molecule has 1 saturated heterocycles. The number of aromatic hydroxyl groups is 1. The van der Waals surface area contributed by atoms with E-state index < -0.39 is 0 Å². The minimum Gasteiger partial charge on any atom is -0.504 e. The van der Waals surface area contributed by atoms with Gasteiger partial charge in [-0.1, -0.05) is 6.07 Å². The maximum Gasteiger partial charge on any atom is 0.311 e. The number of hydrogen-bond acceptors (Lipinski definition) is 9. The first-order chi connectivity index (χ1) is 13.5. The van der Waals surface area contributed by atoms with Crippen LogP contribution >= 0.6 is 23.1 Å². The molecule has 0 spiro atoms. The molecule has 0 atom stereocenters. The van der Waals surface area contributed by atoms with Crippen LogP contribution in [0.5, 0.6) is 11.5 Å². The van der Waals surface area contributed by atoms with E-state index in [4.69, 9.17) is 9.47 Å². The molecule has 1 aliphatic rings. The van der Waals surface area contributed by atoms with E-state index in [1.807, 2.05) is 0 Å². The third-order valence-corrected chi connectivity index (χ3v) is 5.21. The zero-order chi connectivity index (χ0) is 20.1. The Morgan fingerprint density at radius 3 is 3.00 bits per heavy atom. The lowest BCUT2D eigenvalue weighted by Crippen LogP contribution is -2.19. The van der Waals surface area contributed by atoms with Crippen LogP contribution in [-0.2, 0) is 20.7 Å². The fourth-order valence-electron chi connectivity index (χ4n) is 2.29. The van der Waals surface area contributed by atoms with Gasteiger partial charge in [0.05, 0.1) is 30.7 Å². The van der Waals surface area contributed by atoms with Crippen molar-refractivity contribution in [3.63, 3.8) is 0 Å². The molecule has 0 unspecified atom stereocenters. The number of nitrogens with zero attached hydrogens (tertiary/aromatic N) is 2. The second-order valence-corrected chi connectivity index (χ2v) is 7.38. The van der Waals surface area contributed by atoms with Gasteiger partial charge in [-0.25, -0.2) is 4.98 Å². The lowest BCUT2D eigenvalue weighted by atomic mass is 10.2. The molecule has 8 nitrogen and oxygen atoms in total. The van der Waals surface area contributed by atoms with E-state index in [1.165, 1.54) is 36.3 Å². The Labute approximate surface area is 169 Å². The Kier molecular flexibility index (Phi) is 6.32. The molecular formula is C18H17N3O5S2. The summed E-state index contributed by atoms with van der Waals surface area (Å²) in [5.74, 6) is -0.273. The highest BCUT2D eigenvalue weighted by molar-refractivity contribution is 8.18. The van der Waals surface area contributed by atoms with Crippen molar-refractivity contribution in [2.75, 3.05) is 13.7 Å². The Hall–Kier alpha value is -2.85. The monoisotopic (exact) mass is 419 g/mol. The molecule has 146 valence electrons. The second kappa shape index (κ2) is 8.89. The molecule has 1 fully saturated rings. The van der Waals surface area contributed by atoms with Gasteiger partial charge in [0.2, 0.25) is 5.13 Å². The number of thiazole rings is 1. The molecule has 1 aromatic carbocycles. The van der Waals surface area contributed by atoms with Gasteiger partial charge >= 0.3 is 5.97 Å². The Morgan fingerprint density at radius 1 is 1.43 bits per heavy atom. The standard InChI is InChI=1S/C18H17N3O5S2/c1-3-26-15(23)8-11-9-27-17(19-11)21-18-20-16(24)14(28-18)7-10-4-5-12(22)13(6-10)25-2/h4-7,9,22H,3,8H2,1-2H3,(H,19,20,21,24)/b14-7-. The molecule has 1 amide bonds. The molecule has 0 bridgehead atoms. The van der Waals surface area contributed by atoms with Crippen molar-refractivity contribution in [2.45, 2.75) is 13.3 Å². The molecule has 2 N–H and O–H groups in total. The molecular weight excluding hydrogens is 402 g/mol. The van der Waals surface area contributed by atoms with Crippen LogP contribution in [0.15, 0.2) is 33.5 Å². The summed E-state index contributed by atoms with van der Waals surface area (Å²) >= 11 is 2.45. The first-order valence-electron chi connectivity index (χ1n) is 8.25. The van der Waals surface area contributed by atoms with Crippen molar-refractivity contribution in [1.29, 1.82) is 0 Å². The molecule has 28 heavy (non-hydrogen) atoms. The quantitative estimate of drug-likeness (QED) is 0.547. The minimum absolute atomic E-state index is 0.0258. The largest absolute Gasteiger partial charge is 0.504 e. The van der Waals surface area contributed by atoms with E-state index in [-0.39, 0.29) is 24.0 Å². The van der Waals surface area contributed by atoms with Crippen molar-refractivity contribution in [1.82, 2.24) is 10.3 Å². The van der Waals surface area contributed by atoms with Crippen LogP contribution in [-0.4, -0.2) is 40.9 Å². The van der Waals surface area contributed by atoms with E-state index in [0.717, 1.165) is 0 Å². The van der Waals surface area contributed by atoms with E-state index >= 15 is 0 Å². The number of amides is 1. The predicted molar refractivity (Wildman–Crippen MR) is 108 cm³/mol. The Morgan fingerprint density at radius 2 is 2.25 bits per heavy atom. The summed E-state index contributed by atoms with van der Waals surface area (Å²) < 4.78 is 9.97. The average Bonchev–Trinajstić information content (AvgIpc) is 3.23. The number of nitrogens with one attached hydrogen (secondary N) is 1. The molecule has 2 heterocycles.